The van der Waals surface area contributed by atoms with Crippen LogP contribution in [0, 0.1) is 6.92 Å². The largest absolute Gasteiger partial charge is 0.348 e. The quantitative estimate of drug-likeness (QED) is 0.850. The van der Waals surface area contributed by atoms with E-state index in [1.54, 1.807) is 19.1 Å². The van der Waals surface area contributed by atoms with Gasteiger partial charge in [0.25, 0.3) is 5.91 Å². The molecule has 124 valence electrons. The van der Waals surface area contributed by atoms with E-state index in [0.29, 0.717) is 17.3 Å². The van der Waals surface area contributed by atoms with E-state index in [4.69, 9.17) is 4.52 Å². The monoisotopic (exact) mass is 316 g/mol. The number of aromatic nitrogens is 2. The Kier molecular flexibility index (Phi) is 5.87. The molecule has 0 saturated heterocycles. The summed E-state index contributed by atoms with van der Waals surface area (Å²) in [5.41, 5.74) is 1.45. The molecule has 0 unspecified atom stereocenters. The van der Waals surface area contributed by atoms with Gasteiger partial charge in [-0.05, 0) is 32.1 Å². The maximum Gasteiger partial charge on any atom is 0.251 e. The van der Waals surface area contributed by atoms with Crippen LogP contribution < -0.4 is 5.32 Å². The number of carbonyl (C=O) groups excluding carboxylic acids is 1. The molecule has 1 aromatic carbocycles. The highest BCUT2D eigenvalue weighted by Gasteiger charge is 2.13. The predicted octanol–water partition coefficient (Wildman–Crippen LogP) is 2.51. The van der Waals surface area contributed by atoms with Gasteiger partial charge in [-0.3, -0.25) is 4.79 Å². The summed E-state index contributed by atoms with van der Waals surface area (Å²) in [6.45, 7) is 10.8. The van der Waals surface area contributed by atoms with Gasteiger partial charge in [0.1, 0.15) is 0 Å². The lowest BCUT2D eigenvalue weighted by Gasteiger charge is -2.23. The normalized spacial score (nSPS) is 12.4. The summed E-state index contributed by atoms with van der Waals surface area (Å²) in [4.78, 5) is 18.7. The summed E-state index contributed by atoms with van der Waals surface area (Å²) in [7, 11) is 0. The third-order valence-corrected chi connectivity index (χ3v) is 3.74. The number of likely N-dealkylation sites (N-methyl/N-ethyl adjacent to an activating group) is 1. The molecular weight excluding hydrogens is 292 g/mol. The third-order valence-electron chi connectivity index (χ3n) is 3.74. The molecule has 2 rings (SSSR count). The van der Waals surface area contributed by atoms with Crippen LogP contribution in [0.25, 0.3) is 11.4 Å². The van der Waals surface area contributed by atoms with Crippen molar-refractivity contribution in [1.82, 2.24) is 20.4 Å². The maximum absolute atomic E-state index is 12.3. The Labute approximate surface area is 136 Å². The molecule has 0 aliphatic rings. The minimum atomic E-state index is -0.0690. The van der Waals surface area contributed by atoms with Gasteiger partial charge in [-0.15, -0.1) is 0 Å². The molecule has 0 aliphatic heterocycles. The molecule has 6 nitrogen and oxygen atoms in total. The first kappa shape index (κ1) is 17.1. The second-order valence-corrected chi connectivity index (χ2v) is 5.57. The Balaban J connectivity index is 1.97. The Morgan fingerprint density at radius 3 is 2.43 bits per heavy atom. The van der Waals surface area contributed by atoms with E-state index in [2.05, 4.69) is 34.2 Å². The van der Waals surface area contributed by atoms with Crippen LogP contribution in [0.1, 0.15) is 37.0 Å². The Morgan fingerprint density at radius 2 is 1.91 bits per heavy atom. The molecule has 1 amide bonds. The molecule has 1 heterocycles. The summed E-state index contributed by atoms with van der Waals surface area (Å²) >= 11 is 0. The van der Waals surface area contributed by atoms with E-state index in [-0.39, 0.29) is 11.9 Å². The van der Waals surface area contributed by atoms with E-state index in [9.17, 15) is 4.79 Å². The molecule has 0 fully saturated rings. The number of nitrogens with zero attached hydrogens (tertiary/aromatic N) is 3. The van der Waals surface area contributed by atoms with Gasteiger partial charge in [0.15, 0.2) is 0 Å². The van der Waals surface area contributed by atoms with Crippen molar-refractivity contribution in [3.05, 3.63) is 35.7 Å². The number of benzene rings is 1. The van der Waals surface area contributed by atoms with Crippen LogP contribution in [-0.2, 0) is 0 Å². The SMILES string of the molecule is CCN(CC)C[C@@H](C)NC(=O)c1ccc(-c2noc(C)n2)cc1. The van der Waals surface area contributed by atoms with Crippen LogP contribution in [0.3, 0.4) is 0 Å². The van der Waals surface area contributed by atoms with Crippen LogP contribution in [-0.4, -0.2) is 46.6 Å². The smallest absolute Gasteiger partial charge is 0.251 e. The minimum absolute atomic E-state index is 0.0690. The first-order valence-corrected chi connectivity index (χ1v) is 7.97. The lowest BCUT2D eigenvalue weighted by Crippen LogP contribution is -2.41. The van der Waals surface area contributed by atoms with E-state index < -0.39 is 0 Å². The molecule has 1 atom stereocenters. The molecule has 0 saturated carbocycles. The Bertz CT molecular complexity index is 632. The van der Waals surface area contributed by atoms with E-state index in [1.165, 1.54) is 0 Å². The summed E-state index contributed by atoms with van der Waals surface area (Å²) in [6.07, 6.45) is 0. The summed E-state index contributed by atoms with van der Waals surface area (Å²) in [5, 5.41) is 6.90. The van der Waals surface area contributed by atoms with Gasteiger partial charge in [0.2, 0.25) is 11.7 Å². The fraction of sp³-hybridized carbons (Fsp3) is 0.471. The highest BCUT2D eigenvalue weighted by atomic mass is 16.5. The molecule has 0 radical (unpaired) electrons. The number of hydrogen-bond acceptors (Lipinski definition) is 5. The van der Waals surface area contributed by atoms with Crippen molar-refractivity contribution < 1.29 is 9.32 Å². The van der Waals surface area contributed by atoms with E-state index in [0.717, 1.165) is 25.2 Å². The number of nitrogens with one attached hydrogen (secondary N) is 1. The van der Waals surface area contributed by atoms with Crippen molar-refractivity contribution in [3.8, 4) is 11.4 Å². The van der Waals surface area contributed by atoms with Gasteiger partial charge < -0.3 is 14.7 Å². The molecule has 0 bridgehead atoms. The zero-order valence-electron chi connectivity index (χ0n) is 14.2. The van der Waals surface area contributed by atoms with Gasteiger partial charge in [-0.25, -0.2) is 0 Å². The molecular formula is C17H24N4O2. The number of hydrogen-bond donors (Lipinski definition) is 1. The lowest BCUT2D eigenvalue weighted by atomic mass is 10.1. The van der Waals surface area contributed by atoms with Crippen molar-refractivity contribution >= 4 is 5.91 Å². The van der Waals surface area contributed by atoms with Gasteiger partial charge in [0.05, 0.1) is 0 Å². The summed E-state index contributed by atoms with van der Waals surface area (Å²) < 4.78 is 4.96. The topological polar surface area (TPSA) is 71.3 Å². The number of amides is 1. The molecule has 23 heavy (non-hydrogen) atoms. The molecule has 0 aliphatic carbocycles. The molecule has 1 aromatic heterocycles. The van der Waals surface area contributed by atoms with Gasteiger partial charge in [-0.1, -0.05) is 31.1 Å². The van der Waals surface area contributed by atoms with Crippen LogP contribution in [0.15, 0.2) is 28.8 Å². The lowest BCUT2D eigenvalue weighted by molar-refractivity contribution is 0.0930. The second kappa shape index (κ2) is 7.87. The van der Waals surface area contributed by atoms with Gasteiger partial charge in [0, 0.05) is 30.6 Å². The van der Waals surface area contributed by atoms with Gasteiger partial charge in [-0.2, -0.15) is 4.98 Å². The molecule has 2 aromatic rings. The maximum atomic E-state index is 12.3. The fourth-order valence-electron chi connectivity index (χ4n) is 2.41. The zero-order valence-corrected chi connectivity index (χ0v) is 14.2. The second-order valence-electron chi connectivity index (χ2n) is 5.57. The minimum Gasteiger partial charge on any atom is -0.348 e. The molecule has 0 spiro atoms. The van der Waals surface area contributed by atoms with Crippen molar-refractivity contribution in [1.29, 1.82) is 0 Å². The zero-order chi connectivity index (χ0) is 16.8. The van der Waals surface area contributed by atoms with E-state index in [1.807, 2.05) is 19.1 Å². The van der Waals surface area contributed by atoms with E-state index >= 15 is 0 Å². The predicted molar refractivity (Wildman–Crippen MR) is 89.2 cm³/mol. The third kappa shape index (κ3) is 4.63. The Morgan fingerprint density at radius 1 is 1.26 bits per heavy atom. The highest BCUT2D eigenvalue weighted by molar-refractivity contribution is 5.94. The van der Waals surface area contributed by atoms with Crippen molar-refractivity contribution in [2.45, 2.75) is 33.7 Å². The first-order chi connectivity index (χ1) is 11.0. The van der Waals surface area contributed by atoms with Crippen LogP contribution in [0.5, 0.6) is 0 Å². The number of rotatable bonds is 7. The number of aryl methyl sites for hydroxylation is 1. The van der Waals surface area contributed by atoms with Gasteiger partial charge >= 0.3 is 0 Å². The number of carbonyl (C=O) groups is 1. The van der Waals surface area contributed by atoms with Crippen LogP contribution in [0.2, 0.25) is 0 Å². The Hall–Kier alpha value is -2.21. The summed E-state index contributed by atoms with van der Waals surface area (Å²) in [6, 6.07) is 7.31. The molecule has 1 N–H and O–H groups in total. The highest BCUT2D eigenvalue weighted by Crippen LogP contribution is 2.16. The van der Waals surface area contributed by atoms with Crippen molar-refractivity contribution in [2.75, 3.05) is 19.6 Å². The average molecular weight is 316 g/mol. The average Bonchev–Trinajstić information content (AvgIpc) is 2.99. The van der Waals surface area contributed by atoms with Crippen molar-refractivity contribution in [2.24, 2.45) is 0 Å². The van der Waals surface area contributed by atoms with Crippen LogP contribution in [0.4, 0.5) is 0 Å². The standard InChI is InChI=1S/C17H24N4O2/c1-5-21(6-2)11-12(3)18-17(22)15-9-7-14(8-10-15)16-19-13(4)23-20-16/h7-10,12H,5-6,11H2,1-4H3,(H,18,22)/t12-/m1/s1. The van der Waals surface area contributed by atoms with Crippen molar-refractivity contribution in [3.63, 3.8) is 0 Å². The van der Waals surface area contributed by atoms with Crippen LogP contribution >= 0.6 is 0 Å². The summed E-state index contributed by atoms with van der Waals surface area (Å²) in [5.74, 6) is 0.983. The first-order valence-electron chi connectivity index (χ1n) is 7.97. The fourth-order valence-corrected chi connectivity index (χ4v) is 2.41. The molecule has 6 heteroatoms.